The first-order valence-corrected chi connectivity index (χ1v) is 16.6. The topological polar surface area (TPSA) is 3.24 Å². The standard InChI is InChI=1S/C46H32BN/c1-3-15-35(16-4-1)40-20-13-21-41(36-17-5-2-6-18-36)46(40)47-42-22-9-11-24-44(42)48(45-25-12-10-23-43(45)47)39-30-28-34(29-31-39)38-27-26-33-14-7-8-19-37(33)32-38/h1-32H. The number of para-hydroxylation sites is 2. The number of nitrogens with zero attached hydrogens (tertiary/aromatic N) is 1. The van der Waals surface area contributed by atoms with E-state index in [0.29, 0.717) is 0 Å². The van der Waals surface area contributed by atoms with Crippen LogP contribution >= 0.6 is 0 Å². The van der Waals surface area contributed by atoms with E-state index in [1.807, 2.05) is 0 Å². The Morgan fingerprint density at radius 3 is 1.44 bits per heavy atom. The van der Waals surface area contributed by atoms with E-state index in [2.05, 4.69) is 199 Å². The van der Waals surface area contributed by atoms with Gasteiger partial charge in [0.05, 0.1) is 0 Å². The Kier molecular flexibility index (Phi) is 6.98. The van der Waals surface area contributed by atoms with Gasteiger partial charge in [-0.05, 0) is 85.4 Å². The van der Waals surface area contributed by atoms with E-state index in [0.717, 1.165) is 5.69 Å². The van der Waals surface area contributed by atoms with Crippen LogP contribution in [0.2, 0.25) is 0 Å². The van der Waals surface area contributed by atoms with Crippen molar-refractivity contribution in [2.45, 2.75) is 0 Å². The zero-order valence-corrected chi connectivity index (χ0v) is 26.5. The summed E-state index contributed by atoms with van der Waals surface area (Å²) in [5, 5.41) is 2.52. The summed E-state index contributed by atoms with van der Waals surface area (Å²) >= 11 is 0. The predicted molar refractivity (Wildman–Crippen MR) is 206 cm³/mol. The Morgan fingerprint density at radius 1 is 0.333 bits per heavy atom. The van der Waals surface area contributed by atoms with Crippen LogP contribution in [-0.2, 0) is 0 Å². The number of fused-ring (bicyclic) bond motifs is 3. The zero-order chi connectivity index (χ0) is 31.9. The summed E-state index contributed by atoms with van der Waals surface area (Å²) in [4.78, 5) is 2.44. The van der Waals surface area contributed by atoms with Crippen molar-refractivity contribution in [1.82, 2.24) is 0 Å². The first-order chi connectivity index (χ1) is 23.8. The third-order valence-corrected chi connectivity index (χ3v) is 9.75. The van der Waals surface area contributed by atoms with Crippen LogP contribution < -0.4 is 21.3 Å². The van der Waals surface area contributed by atoms with Gasteiger partial charge in [0.25, 0.3) is 0 Å². The van der Waals surface area contributed by atoms with Crippen LogP contribution in [0.15, 0.2) is 194 Å². The lowest BCUT2D eigenvalue weighted by Gasteiger charge is -2.38. The van der Waals surface area contributed by atoms with Gasteiger partial charge in [0.2, 0.25) is 6.71 Å². The lowest BCUT2D eigenvalue weighted by atomic mass is 9.33. The second kappa shape index (κ2) is 11.9. The number of hydrogen-bond acceptors (Lipinski definition) is 1. The second-order valence-corrected chi connectivity index (χ2v) is 12.5. The predicted octanol–water partition coefficient (Wildman–Crippen LogP) is 10.1. The molecule has 0 fully saturated rings. The molecule has 0 spiro atoms. The summed E-state index contributed by atoms with van der Waals surface area (Å²) in [6.07, 6.45) is 0. The van der Waals surface area contributed by atoms with E-state index in [1.54, 1.807) is 0 Å². The van der Waals surface area contributed by atoms with Gasteiger partial charge in [0.15, 0.2) is 0 Å². The second-order valence-electron chi connectivity index (χ2n) is 12.5. The number of benzene rings is 8. The molecule has 8 aromatic rings. The van der Waals surface area contributed by atoms with Gasteiger partial charge in [-0.2, -0.15) is 0 Å². The van der Waals surface area contributed by atoms with Gasteiger partial charge in [-0.1, -0.05) is 169 Å². The smallest absolute Gasteiger partial charge is 0.248 e. The first-order valence-electron chi connectivity index (χ1n) is 16.6. The largest absolute Gasteiger partial charge is 0.312 e. The minimum Gasteiger partial charge on any atom is -0.312 e. The van der Waals surface area contributed by atoms with Crippen LogP contribution in [0.3, 0.4) is 0 Å². The molecule has 48 heavy (non-hydrogen) atoms. The van der Waals surface area contributed by atoms with Gasteiger partial charge in [0.1, 0.15) is 0 Å². The molecule has 0 aromatic heterocycles. The third kappa shape index (κ3) is 4.82. The lowest BCUT2D eigenvalue weighted by molar-refractivity contribution is 1.29. The molecule has 1 nitrogen and oxygen atoms in total. The highest BCUT2D eigenvalue weighted by Gasteiger charge is 2.37. The van der Waals surface area contributed by atoms with Gasteiger partial charge in [0, 0.05) is 17.1 Å². The molecule has 0 saturated carbocycles. The fourth-order valence-corrected chi connectivity index (χ4v) is 7.54. The van der Waals surface area contributed by atoms with E-state index in [1.165, 1.54) is 71.9 Å². The molecule has 224 valence electrons. The monoisotopic (exact) mass is 609 g/mol. The molecular weight excluding hydrogens is 577 g/mol. The van der Waals surface area contributed by atoms with Crippen LogP contribution in [0.4, 0.5) is 17.1 Å². The van der Waals surface area contributed by atoms with E-state index >= 15 is 0 Å². The Hall–Kier alpha value is -6.12. The molecule has 0 radical (unpaired) electrons. The van der Waals surface area contributed by atoms with Crippen molar-refractivity contribution in [3.05, 3.63) is 194 Å². The quantitative estimate of drug-likeness (QED) is 0.176. The van der Waals surface area contributed by atoms with Gasteiger partial charge >= 0.3 is 0 Å². The van der Waals surface area contributed by atoms with Gasteiger partial charge in [-0.3, -0.25) is 0 Å². The zero-order valence-electron chi connectivity index (χ0n) is 26.5. The molecular formula is C46H32BN. The van der Waals surface area contributed by atoms with Crippen molar-refractivity contribution in [3.8, 4) is 33.4 Å². The van der Waals surface area contributed by atoms with E-state index in [4.69, 9.17) is 0 Å². The number of rotatable bonds is 5. The molecule has 0 bridgehead atoms. The van der Waals surface area contributed by atoms with Crippen molar-refractivity contribution in [1.29, 1.82) is 0 Å². The Labute approximate surface area is 282 Å². The molecule has 1 aliphatic heterocycles. The van der Waals surface area contributed by atoms with Crippen molar-refractivity contribution in [2.24, 2.45) is 0 Å². The van der Waals surface area contributed by atoms with E-state index in [9.17, 15) is 0 Å². The normalized spacial score (nSPS) is 12.1. The maximum Gasteiger partial charge on any atom is 0.248 e. The van der Waals surface area contributed by atoms with Crippen molar-refractivity contribution in [2.75, 3.05) is 4.90 Å². The van der Waals surface area contributed by atoms with Crippen LogP contribution in [-0.4, -0.2) is 6.71 Å². The van der Waals surface area contributed by atoms with Crippen molar-refractivity contribution in [3.63, 3.8) is 0 Å². The average molecular weight is 610 g/mol. The van der Waals surface area contributed by atoms with Crippen molar-refractivity contribution >= 4 is 50.9 Å². The fraction of sp³-hybridized carbons (Fsp3) is 0. The maximum absolute atomic E-state index is 2.44. The minimum atomic E-state index is 0.0390. The average Bonchev–Trinajstić information content (AvgIpc) is 3.17. The third-order valence-electron chi connectivity index (χ3n) is 9.75. The summed E-state index contributed by atoms with van der Waals surface area (Å²) in [7, 11) is 0. The summed E-state index contributed by atoms with van der Waals surface area (Å²) in [6, 6.07) is 70.7. The summed E-state index contributed by atoms with van der Waals surface area (Å²) < 4.78 is 0. The number of hydrogen-bond donors (Lipinski definition) is 0. The van der Waals surface area contributed by atoms with Crippen LogP contribution in [0, 0.1) is 0 Å². The molecule has 0 N–H and O–H groups in total. The Morgan fingerprint density at radius 2 is 0.833 bits per heavy atom. The molecule has 0 atom stereocenters. The summed E-state index contributed by atoms with van der Waals surface area (Å²) in [6.45, 7) is 0.0390. The van der Waals surface area contributed by atoms with Crippen molar-refractivity contribution < 1.29 is 0 Å². The fourth-order valence-electron chi connectivity index (χ4n) is 7.54. The van der Waals surface area contributed by atoms with E-state index in [-0.39, 0.29) is 6.71 Å². The molecule has 0 aliphatic carbocycles. The molecule has 1 heterocycles. The Balaban J connectivity index is 1.22. The molecule has 0 amide bonds. The Bertz CT molecular complexity index is 2290. The summed E-state index contributed by atoms with van der Waals surface area (Å²) in [5.74, 6) is 0. The van der Waals surface area contributed by atoms with E-state index < -0.39 is 0 Å². The molecule has 2 heteroatoms. The number of anilines is 3. The molecule has 1 aliphatic rings. The molecule has 0 unspecified atom stereocenters. The first kappa shape index (κ1) is 28.1. The highest BCUT2D eigenvalue weighted by molar-refractivity contribution is 6.99. The van der Waals surface area contributed by atoms with Gasteiger partial charge in [-0.25, -0.2) is 0 Å². The van der Waals surface area contributed by atoms with Crippen LogP contribution in [0.25, 0.3) is 44.2 Å². The van der Waals surface area contributed by atoms with Gasteiger partial charge in [-0.15, -0.1) is 0 Å². The molecule has 9 rings (SSSR count). The molecule has 0 saturated heterocycles. The highest BCUT2D eigenvalue weighted by atomic mass is 15.1. The molecule has 8 aromatic carbocycles. The van der Waals surface area contributed by atoms with Gasteiger partial charge < -0.3 is 4.90 Å². The maximum atomic E-state index is 2.44. The lowest BCUT2D eigenvalue weighted by Crippen LogP contribution is -2.58. The SMILES string of the molecule is c1ccc(-c2cccc(-c3ccccc3)c2B2c3ccccc3N(c3ccc(-c4ccc5ccccc5c4)cc3)c3ccccc32)cc1. The minimum absolute atomic E-state index is 0.0390. The summed E-state index contributed by atoms with van der Waals surface area (Å²) in [5.41, 5.74) is 14.9. The highest BCUT2D eigenvalue weighted by Crippen LogP contribution is 2.38. The van der Waals surface area contributed by atoms with Crippen LogP contribution in [0.5, 0.6) is 0 Å². The van der Waals surface area contributed by atoms with Crippen LogP contribution in [0.1, 0.15) is 0 Å².